The Morgan fingerprint density at radius 1 is 1.16 bits per heavy atom. The molecule has 0 aliphatic rings. The molecule has 0 bridgehead atoms. The van der Waals surface area contributed by atoms with E-state index >= 15 is 0 Å². The number of phenolic OH excluding ortho intramolecular Hbond substituents is 1. The third-order valence-electron chi connectivity index (χ3n) is 4.84. The van der Waals surface area contributed by atoms with Crippen LogP contribution in [0.2, 0.25) is 0 Å². The zero-order chi connectivity index (χ0) is 23.6. The average molecular weight is 447 g/mol. The largest absolute Gasteiger partial charge is 0.504 e. The van der Waals surface area contributed by atoms with Crippen LogP contribution in [0, 0.1) is 13.8 Å². The van der Waals surface area contributed by atoms with Crippen molar-refractivity contribution in [1.29, 1.82) is 0 Å². The van der Waals surface area contributed by atoms with E-state index < -0.39 is 23.4 Å². The normalized spacial score (nSPS) is 11.3. The zero-order valence-corrected chi connectivity index (χ0v) is 17.4. The maximum Gasteiger partial charge on any atom is 0.416 e. The van der Waals surface area contributed by atoms with Crippen LogP contribution in [0.25, 0.3) is 5.69 Å². The molecule has 32 heavy (non-hydrogen) atoms. The van der Waals surface area contributed by atoms with Gasteiger partial charge in [0.15, 0.2) is 11.5 Å². The number of aromatic nitrogens is 2. The van der Waals surface area contributed by atoms with E-state index in [-0.39, 0.29) is 40.7 Å². The molecule has 0 atom stereocenters. The third kappa shape index (κ3) is 4.58. The molecule has 0 spiro atoms. The van der Waals surface area contributed by atoms with Crippen LogP contribution in [0.4, 0.5) is 13.2 Å². The summed E-state index contributed by atoms with van der Waals surface area (Å²) in [6, 6.07) is 9.01. The molecule has 0 aliphatic carbocycles. The highest BCUT2D eigenvalue weighted by Crippen LogP contribution is 2.31. The highest BCUT2D eigenvalue weighted by atomic mass is 19.4. The van der Waals surface area contributed by atoms with Gasteiger partial charge in [0, 0.05) is 6.54 Å². The van der Waals surface area contributed by atoms with Crippen molar-refractivity contribution in [2.45, 2.75) is 26.6 Å². The molecular weight excluding hydrogens is 427 g/mol. The number of ketones is 1. The van der Waals surface area contributed by atoms with Gasteiger partial charge in [-0.05, 0) is 49.7 Å². The SMILES string of the molecule is COc1cc(CNC(=O)C(=O)c2c(C)nn(-c3cccc(C(F)(F)F)c3)c2C)ccc1O. The van der Waals surface area contributed by atoms with E-state index in [9.17, 15) is 27.9 Å². The number of hydrogen-bond donors (Lipinski definition) is 2. The third-order valence-corrected chi connectivity index (χ3v) is 4.84. The maximum atomic E-state index is 13.0. The number of methoxy groups -OCH3 is 1. The van der Waals surface area contributed by atoms with Gasteiger partial charge < -0.3 is 15.2 Å². The van der Waals surface area contributed by atoms with Gasteiger partial charge in [-0.2, -0.15) is 18.3 Å². The fourth-order valence-electron chi connectivity index (χ4n) is 3.24. The first-order chi connectivity index (χ1) is 15.0. The Labute approximate surface area is 181 Å². The highest BCUT2D eigenvalue weighted by Gasteiger charge is 2.31. The van der Waals surface area contributed by atoms with E-state index in [0.717, 1.165) is 12.1 Å². The van der Waals surface area contributed by atoms with Gasteiger partial charge in [0.2, 0.25) is 0 Å². The lowest BCUT2D eigenvalue weighted by Gasteiger charge is -2.10. The van der Waals surface area contributed by atoms with Crippen molar-refractivity contribution in [3.8, 4) is 17.2 Å². The van der Waals surface area contributed by atoms with Gasteiger partial charge in [-0.25, -0.2) is 4.68 Å². The van der Waals surface area contributed by atoms with Crippen LogP contribution >= 0.6 is 0 Å². The van der Waals surface area contributed by atoms with Crippen molar-refractivity contribution in [1.82, 2.24) is 15.1 Å². The molecule has 0 aliphatic heterocycles. The number of alkyl halides is 3. The van der Waals surface area contributed by atoms with Crippen LogP contribution in [0.15, 0.2) is 42.5 Å². The fourth-order valence-corrected chi connectivity index (χ4v) is 3.24. The summed E-state index contributed by atoms with van der Waals surface area (Å²) in [5.41, 5.74) is 0.338. The summed E-state index contributed by atoms with van der Waals surface area (Å²) in [6.45, 7) is 3.01. The van der Waals surface area contributed by atoms with Gasteiger partial charge in [0.1, 0.15) is 0 Å². The molecule has 10 heteroatoms. The molecule has 0 unspecified atom stereocenters. The number of nitrogens with zero attached hydrogens (tertiary/aromatic N) is 2. The number of aromatic hydroxyl groups is 1. The lowest BCUT2D eigenvalue weighted by molar-refractivity contribution is -0.137. The molecule has 1 amide bonds. The Balaban J connectivity index is 1.82. The molecule has 2 aromatic carbocycles. The Bertz CT molecular complexity index is 1190. The number of hydrogen-bond acceptors (Lipinski definition) is 5. The van der Waals surface area contributed by atoms with Gasteiger partial charge in [0.25, 0.3) is 11.7 Å². The zero-order valence-electron chi connectivity index (χ0n) is 17.4. The molecular formula is C22H20F3N3O4. The molecule has 1 heterocycles. The Hall–Kier alpha value is -3.82. The number of aryl methyl sites for hydroxylation is 1. The summed E-state index contributed by atoms with van der Waals surface area (Å²) in [7, 11) is 1.38. The lowest BCUT2D eigenvalue weighted by atomic mass is 10.1. The number of Topliss-reactive ketones (excluding diaryl/α,β-unsaturated/α-hetero) is 1. The summed E-state index contributed by atoms with van der Waals surface area (Å²) >= 11 is 0. The van der Waals surface area contributed by atoms with Gasteiger partial charge in [-0.15, -0.1) is 0 Å². The minimum atomic E-state index is -4.53. The number of carbonyl (C=O) groups excluding carboxylic acids is 2. The Morgan fingerprint density at radius 3 is 2.53 bits per heavy atom. The first kappa shape index (κ1) is 22.9. The summed E-state index contributed by atoms with van der Waals surface area (Å²) < 4.78 is 45.3. The molecule has 168 valence electrons. The van der Waals surface area contributed by atoms with Crippen molar-refractivity contribution >= 4 is 11.7 Å². The number of amides is 1. The summed E-state index contributed by atoms with van der Waals surface area (Å²) in [6.07, 6.45) is -4.53. The molecule has 3 aromatic rings. The van der Waals surface area contributed by atoms with E-state index in [2.05, 4.69) is 10.4 Å². The number of nitrogens with one attached hydrogen (secondary N) is 1. The van der Waals surface area contributed by atoms with Gasteiger partial charge in [0.05, 0.1) is 35.3 Å². The van der Waals surface area contributed by atoms with Crippen LogP contribution in [0.1, 0.15) is 32.9 Å². The first-order valence-electron chi connectivity index (χ1n) is 9.45. The highest BCUT2D eigenvalue weighted by molar-refractivity contribution is 6.43. The second-order valence-electron chi connectivity index (χ2n) is 7.02. The van der Waals surface area contributed by atoms with Gasteiger partial charge in [-0.3, -0.25) is 9.59 Å². The predicted octanol–water partition coefficient (Wildman–Crippen LogP) is 3.72. The number of halogens is 3. The number of rotatable bonds is 6. The van der Waals surface area contributed by atoms with E-state index in [0.29, 0.717) is 5.56 Å². The predicted molar refractivity (Wildman–Crippen MR) is 109 cm³/mol. The van der Waals surface area contributed by atoms with Crippen LogP contribution < -0.4 is 10.1 Å². The molecule has 0 saturated carbocycles. The molecule has 2 N–H and O–H groups in total. The average Bonchev–Trinajstić information content (AvgIpc) is 3.05. The number of carbonyl (C=O) groups is 2. The van der Waals surface area contributed by atoms with Gasteiger partial charge in [-0.1, -0.05) is 12.1 Å². The van der Waals surface area contributed by atoms with Crippen molar-refractivity contribution in [3.05, 3.63) is 70.5 Å². The van der Waals surface area contributed by atoms with Crippen molar-refractivity contribution in [2.24, 2.45) is 0 Å². The minimum Gasteiger partial charge on any atom is -0.504 e. The fraction of sp³-hybridized carbons (Fsp3) is 0.227. The van der Waals surface area contributed by atoms with E-state index in [1.54, 1.807) is 6.07 Å². The van der Waals surface area contributed by atoms with E-state index in [1.807, 2.05) is 0 Å². The summed E-state index contributed by atoms with van der Waals surface area (Å²) in [4.78, 5) is 25.2. The number of benzene rings is 2. The van der Waals surface area contributed by atoms with Crippen molar-refractivity contribution in [2.75, 3.05) is 7.11 Å². The minimum absolute atomic E-state index is 0.00107. The molecule has 7 nitrogen and oxygen atoms in total. The van der Waals surface area contributed by atoms with Crippen molar-refractivity contribution in [3.63, 3.8) is 0 Å². The van der Waals surface area contributed by atoms with Crippen LogP contribution in [-0.4, -0.2) is 33.7 Å². The Morgan fingerprint density at radius 2 is 1.88 bits per heavy atom. The standard InChI is InChI=1S/C22H20F3N3O4/c1-12-19(13(2)28(27-12)16-6-4-5-15(10-16)22(23,24)25)20(30)21(31)26-11-14-7-8-17(29)18(9-14)32-3/h4-10,29H,11H2,1-3H3,(H,26,31). The monoisotopic (exact) mass is 447 g/mol. The molecule has 0 saturated heterocycles. The quantitative estimate of drug-likeness (QED) is 0.444. The molecule has 1 aromatic heterocycles. The van der Waals surface area contributed by atoms with Crippen LogP contribution in [-0.2, 0) is 17.5 Å². The summed E-state index contributed by atoms with van der Waals surface area (Å²) in [5, 5.41) is 16.3. The topological polar surface area (TPSA) is 93.5 Å². The Kier molecular flexibility index (Phi) is 6.24. The van der Waals surface area contributed by atoms with E-state index in [1.165, 1.54) is 49.9 Å². The van der Waals surface area contributed by atoms with Crippen LogP contribution in [0.5, 0.6) is 11.5 Å². The van der Waals surface area contributed by atoms with Crippen molar-refractivity contribution < 1.29 is 32.6 Å². The first-order valence-corrected chi connectivity index (χ1v) is 9.45. The molecule has 0 fully saturated rings. The molecule has 0 radical (unpaired) electrons. The lowest BCUT2D eigenvalue weighted by Crippen LogP contribution is -2.31. The van der Waals surface area contributed by atoms with Gasteiger partial charge >= 0.3 is 6.18 Å². The van der Waals surface area contributed by atoms with E-state index in [4.69, 9.17) is 4.74 Å². The second-order valence-corrected chi connectivity index (χ2v) is 7.02. The second kappa shape index (κ2) is 8.74. The number of ether oxygens (including phenoxy) is 1. The smallest absolute Gasteiger partial charge is 0.416 e. The number of phenols is 1. The summed E-state index contributed by atoms with van der Waals surface area (Å²) in [5.74, 6) is -1.60. The molecule has 3 rings (SSSR count). The van der Waals surface area contributed by atoms with Crippen LogP contribution in [0.3, 0.4) is 0 Å². The maximum absolute atomic E-state index is 13.0.